The van der Waals surface area contributed by atoms with Gasteiger partial charge in [-0.3, -0.25) is 0 Å². The van der Waals surface area contributed by atoms with Gasteiger partial charge >= 0.3 is 0 Å². The molecule has 0 saturated carbocycles. The van der Waals surface area contributed by atoms with Crippen LogP contribution in [-0.2, 0) is 20.2 Å². The Labute approximate surface area is 173 Å². The van der Waals surface area contributed by atoms with Gasteiger partial charge in [0.2, 0.25) is 10.0 Å². The van der Waals surface area contributed by atoms with Crippen LogP contribution in [0, 0.1) is 13.8 Å². The Morgan fingerprint density at radius 1 is 1.00 bits per heavy atom. The second kappa shape index (κ2) is 8.73. The van der Waals surface area contributed by atoms with Gasteiger partial charge in [0.25, 0.3) is 0 Å². The SMILES string of the molecule is COc1ccc(C2(CNS(=O)(=O)c3cc(C)c(C)cc3OC)CCOCC2)cc1. The van der Waals surface area contributed by atoms with Gasteiger partial charge < -0.3 is 14.2 Å². The maximum atomic E-state index is 13.1. The molecule has 0 amide bonds. The first kappa shape index (κ1) is 21.6. The van der Waals surface area contributed by atoms with Crippen molar-refractivity contribution in [2.45, 2.75) is 37.0 Å². The van der Waals surface area contributed by atoms with Gasteiger partial charge in [0.15, 0.2) is 0 Å². The van der Waals surface area contributed by atoms with E-state index in [1.807, 2.05) is 38.1 Å². The molecule has 0 radical (unpaired) electrons. The Hall–Kier alpha value is -2.09. The van der Waals surface area contributed by atoms with Crippen molar-refractivity contribution in [3.63, 3.8) is 0 Å². The molecule has 1 saturated heterocycles. The average Bonchev–Trinajstić information content (AvgIpc) is 2.74. The zero-order chi connectivity index (χ0) is 21.1. The first-order valence-corrected chi connectivity index (χ1v) is 11.2. The Morgan fingerprint density at radius 3 is 2.21 bits per heavy atom. The van der Waals surface area contributed by atoms with Gasteiger partial charge in [-0.15, -0.1) is 0 Å². The minimum Gasteiger partial charge on any atom is -0.497 e. The van der Waals surface area contributed by atoms with Crippen molar-refractivity contribution < 1.29 is 22.6 Å². The van der Waals surface area contributed by atoms with E-state index in [1.54, 1.807) is 19.2 Å². The van der Waals surface area contributed by atoms with Crippen molar-refractivity contribution in [1.29, 1.82) is 0 Å². The van der Waals surface area contributed by atoms with Crippen LogP contribution in [0.15, 0.2) is 41.3 Å². The Morgan fingerprint density at radius 2 is 1.62 bits per heavy atom. The third-order valence-corrected chi connectivity index (χ3v) is 7.24. The third-order valence-electron chi connectivity index (χ3n) is 5.82. The highest BCUT2D eigenvalue weighted by atomic mass is 32.2. The zero-order valence-corrected chi connectivity index (χ0v) is 18.3. The van der Waals surface area contributed by atoms with E-state index in [0.29, 0.717) is 25.5 Å². The molecule has 1 fully saturated rings. The summed E-state index contributed by atoms with van der Waals surface area (Å²) in [6.45, 7) is 5.32. The summed E-state index contributed by atoms with van der Waals surface area (Å²) in [5, 5.41) is 0. The quantitative estimate of drug-likeness (QED) is 0.745. The number of hydrogen-bond acceptors (Lipinski definition) is 5. The van der Waals surface area contributed by atoms with Crippen LogP contribution in [0.25, 0.3) is 0 Å². The number of nitrogens with one attached hydrogen (secondary N) is 1. The Bertz CT molecular complexity index is 948. The Kier molecular flexibility index (Phi) is 6.51. The maximum Gasteiger partial charge on any atom is 0.244 e. The van der Waals surface area contributed by atoms with Crippen molar-refractivity contribution in [3.05, 3.63) is 53.1 Å². The topological polar surface area (TPSA) is 73.9 Å². The van der Waals surface area contributed by atoms with Crippen LogP contribution >= 0.6 is 0 Å². The fourth-order valence-electron chi connectivity index (χ4n) is 3.72. The molecule has 0 bridgehead atoms. The van der Waals surface area contributed by atoms with Crippen molar-refractivity contribution in [3.8, 4) is 11.5 Å². The highest BCUT2D eigenvalue weighted by molar-refractivity contribution is 7.89. The third kappa shape index (κ3) is 4.57. The fourth-order valence-corrected chi connectivity index (χ4v) is 5.08. The minimum absolute atomic E-state index is 0.167. The summed E-state index contributed by atoms with van der Waals surface area (Å²) in [6.07, 6.45) is 1.48. The molecule has 0 aromatic heterocycles. The van der Waals surface area contributed by atoms with E-state index in [2.05, 4.69) is 4.72 Å². The number of methoxy groups -OCH3 is 2. The summed E-state index contributed by atoms with van der Waals surface area (Å²) in [5.74, 6) is 1.13. The van der Waals surface area contributed by atoms with E-state index in [4.69, 9.17) is 14.2 Å². The van der Waals surface area contributed by atoms with Gasteiger partial charge in [0.1, 0.15) is 16.4 Å². The predicted molar refractivity (Wildman–Crippen MR) is 112 cm³/mol. The fraction of sp³-hybridized carbons (Fsp3) is 0.455. The van der Waals surface area contributed by atoms with E-state index < -0.39 is 10.0 Å². The van der Waals surface area contributed by atoms with Crippen molar-refractivity contribution in [1.82, 2.24) is 4.72 Å². The number of rotatable bonds is 7. The number of benzene rings is 2. The molecular formula is C22H29NO5S. The predicted octanol–water partition coefficient (Wildman–Crippen LogP) is 3.35. The largest absolute Gasteiger partial charge is 0.497 e. The van der Waals surface area contributed by atoms with E-state index in [1.165, 1.54) is 7.11 Å². The lowest BCUT2D eigenvalue weighted by atomic mass is 9.74. The number of aryl methyl sites for hydroxylation is 2. The molecule has 6 nitrogen and oxygen atoms in total. The highest BCUT2D eigenvalue weighted by Gasteiger charge is 2.36. The van der Waals surface area contributed by atoms with Crippen LogP contribution < -0.4 is 14.2 Å². The molecule has 29 heavy (non-hydrogen) atoms. The van der Waals surface area contributed by atoms with Gasteiger partial charge in [-0.2, -0.15) is 0 Å². The number of ether oxygens (including phenoxy) is 3. The van der Waals surface area contributed by atoms with Crippen LogP contribution in [0.2, 0.25) is 0 Å². The zero-order valence-electron chi connectivity index (χ0n) is 17.4. The monoisotopic (exact) mass is 419 g/mol. The minimum atomic E-state index is -3.74. The summed E-state index contributed by atoms with van der Waals surface area (Å²) in [6, 6.07) is 11.3. The van der Waals surface area contributed by atoms with Crippen LogP contribution in [-0.4, -0.2) is 42.4 Å². The van der Waals surface area contributed by atoms with Gasteiger partial charge in [0, 0.05) is 25.2 Å². The lowest BCUT2D eigenvalue weighted by Gasteiger charge is -2.38. The lowest BCUT2D eigenvalue weighted by molar-refractivity contribution is 0.0517. The van der Waals surface area contributed by atoms with Crippen LogP contribution in [0.4, 0.5) is 0 Å². The summed E-state index contributed by atoms with van der Waals surface area (Å²) < 4.78 is 45.3. The molecule has 7 heteroatoms. The number of sulfonamides is 1. The van der Waals surface area contributed by atoms with Gasteiger partial charge in [-0.1, -0.05) is 12.1 Å². The highest BCUT2D eigenvalue weighted by Crippen LogP contribution is 2.36. The van der Waals surface area contributed by atoms with Crippen LogP contribution in [0.3, 0.4) is 0 Å². The summed E-state index contributed by atoms with van der Waals surface area (Å²) in [4.78, 5) is 0.167. The summed E-state index contributed by atoms with van der Waals surface area (Å²) in [7, 11) is -0.625. The normalized spacial score (nSPS) is 16.4. The van der Waals surface area contributed by atoms with Gasteiger partial charge in [0.05, 0.1) is 14.2 Å². The molecule has 1 aliphatic heterocycles. The lowest BCUT2D eigenvalue weighted by Crippen LogP contribution is -2.44. The molecule has 1 aliphatic rings. The molecule has 158 valence electrons. The second-order valence-corrected chi connectivity index (χ2v) is 9.27. The van der Waals surface area contributed by atoms with Crippen LogP contribution in [0.5, 0.6) is 11.5 Å². The molecule has 2 aromatic carbocycles. The van der Waals surface area contributed by atoms with Crippen molar-refractivity contribution in [2.24, 2.45) is 0 Å². The smallest absolute Gasteiger partial charge is 0.244 e. The van der Waals surface area contributed by atoms with E-state index in [-0.39, 0.29) is 10.3 Å². The molecule has 0 atom stereocenters. The van der Waals surface area contributed by atoms with Gasteiger partial charge in [-0.25, -0.2) is 13.1 Å². The second-order valence-electron chi connectivity index (χ2n) is 7.53. The molecule has 0 unspecified atom stereocenters. The molecule has 1 heterocycles. The molecule has 0 spiro atoms. The first-order valence-electron chi connectivity index (χ1n) is 9.68. The Balaban J connectivity index is 1.90. The maximum absolute atomic E-state index is 13.1. The molecule has 1 N–H and O–H groups in total. The number of hydrogen-bond donors (Lipinski definition) is 1. The van der Waals surface area contributed by atoms with E-state index >= 15 is 0 Å². The molecule has 0 aliphatic carbocycles. The molecular weight excluding hydrogens is 390 g/mol. The summed E-state index contributed by atoms with van der Waals surface area (Å²) in [5.41, 5.74) is 2.64. The average molecular weight is 420 g/mol. The van der Waals surface area contributed by atoms with Gasteiger partial charge in [-0.05, 0) is 67.6 Å². The first-order chi connectivity index (χ1) is 13.8. The van der Waals surface area contributed by atoms with E-state index in [0.717, 1.165) is 35.3 Å². The van der Waals surface area contributed by atoms with Crippen molar-refractivity contribution in [2.75, 3.05) is 34.0 Å². The van der Waals surface area contributed by atoms with Crippen molar-refractivity contribution >= 4 is 10.0 Å². The standard InChI is InChI=1S/C22H29NO5S/c1-16-13-20(27-4)21(14-17(16)2)29(24,25)23-15-22(9-11-28-12-10-22)18-5-7-19(26-3)8-6-18/h5-8,13-14,23H,9-12,15H2,1-4H3. The molecule has 2 aromatic rings. The van der Waals surface area contributed by atoms with Crippen LogP contribution in [0.1, 0.15) is 29.5 Å². The molecule has 3 rings (SSSR count). The summed E-state index contributed by atoms with van der Waals surface area (Å²) >= 11 is 0. The van der Waals surface area contributed by atoms with E-state index in [9.17, 15) is 8.42 Å².